The molecule has 0 fully saturated rings. The second-order valence-corrected chi connectivity index (χ2v) is 6.75. The fraction of sp³-hybridized carbons (Fsp3) is 0.222. The van der Waals surface area contributed by atoms with Crippen LogP contribution in [0.3, 0.4) is 0 Å². The van der Waals surface area contributed by atoms with Gasteiger partial charge in [0, 0.05) is 17.8 Å². The number of rotatable bonds is 7. The Balaban J connectivity index is 1.88. The van der Waals surface area contributed by atoms with Crippen molar-refractivity contribution in [1.82, 2.24) is 0 Å². The van der Waals surface area contributed by atoms with Crippen LogP contribution in [0.15, 0.2) is 36.4 Å². The molecule has 5 nitrogen and oxygen atoms in total. The van der Waals surface area contributed by atoms with Crippen molar-refractivity contribution in [2.75, 3.05) is 22.5 Å². The van der Waals surface area contributed by atoms with Crippen molar-refractivity contribution in [3.63, 3.8) is 0 Å². The number of nitrogens with one attached hydrogen (secondary N) is 3. The zero-order valence-electron chi connectivity index (χ0n) is 14.0. The smallest absolute Gasteiger partial charge is 0.243 e. The van der Waals surface area contributed by atoms with E-state index in [0.717, 1.165) is 6.42 Å². The summed E-state index contributed by atoms with van der Waals surface area (Å²) in [6.45, 7) is 1.95. The van der Waals surface area contributed by atoms with E-state index in [1.54, 1.807) is 30.3 Å². The molecule has 0 aliphatic heterocycles. The van der Waals surface area contributed by atoms with E-state index in [9.17, 15) is 9.59 Å². The SMILES string of the molecule is CCCC(=O)Nc1ccc(NC(=O)CNc2cc(Cl)c(Cl)cc2Cl)cc1. The Hall–Kier alpha value is -1.95. The van der Waals surface area contributed by atoms with Gasteiger partial charge in [-0.25, -0.2) is 0 Å². The highest BCUT2D eigenvalue weighted by Gasteiger charge is 2.08. The summed E-state index contributed by atoms with van der Waals surface area (Å²) in [5.41, 5.74) is 1.82. The third-order valence-electron chi connectivity index (χ3n) is 3.38. The first-order valence-corrected chi connectivity index (χ1v) is 9.10. The van der Waals surface area contributed by atoms with E-state index in [1.807, 2.05) is 6.92 Å². The molecular formula is C18H18Cl3N3O2. The predicted octanol–water partition coefficient (Wildman–Crippen LogP) is 5.44. The van der Waals surface area contributed by atoms with Gasteiger partial charge in [-0.2, -0.15) is 0 Å². The van der Waals surface area contributed by atoms with E-state index >= 15 is 0 Å². The molecule has 2 amide bonds. The molecular weight excluding hydrogens is 397 g/mol. The van der Waals surface area contributed by atoms with Gasteiger partial charge in [-0.05, 0) is 42.8 Å². The molecule has 0 radical (unpaired) electrons. The Labute approximate surface area is 167 Å². The van der Waals surface area contributed by atoms with Gasteiger partial charge in [-0.1, -0.05) is 41.7 Å². The van der Waals surface area contributed by atoms with Crippen molar-refractivity contribution in [3.05, 3.63) is 51.5 Å². The van der Waals surface area contributed by atoms with Crippen molar-refractivity contribution in [2.24, 2.45) is 0 Å². The monoisotopic (exact) mass is 413 g/mol. The first-order chi connectivity index (χ1) is 12.4. The van der Waals surface area contributed by atoms with Gasteiger partial charge in [-0.15, -0.1) is 0 Å². The molecule has 0 unspecified atom stereocenters. The Morgan fingerprint density at radius 3 is 1.96 bits per heavy atom. The van der Waals surface area contributed by atoms with Crippen molar-refractivity contribution in [1.29, 1.82) is 0 Å². The van der Waals surface area contributed by atoms with E-state index in [-0.39, 0.29) is 18.4 Å². The molecule has 0 bridgehead atoms. The summed E-state index contributed by atoms with van der Waals surface area (Å²) in [6.07, 6.45) is 1.26. The topological polar surface area (TPSA) is 70.2 Å². The van der Waals surface area contributed by atoms with Crippen LogP contribution in [-0.4, -0.2) is 18.4 Å². The third kappa shape index (κ3) is 6.09. The van der Waals surface area contributed by atoms with Gasteiger partial charge < -0.3 is 16.0 Å². The molecule has 0 atom stereocenters. The predicted molar refractivity (Wildman–Crippen MR) is 109 cm³/mol. The summed E-state index contributed by atoms with van der Waals surface area (Å²) in [5.74, 6) is -0.290. The molecule has 3 N–H and O–H groups in total. The van der Waals surface area contributed by atoms with E-state index in [4.69, 9.17) is 34.8 Å². The molecule has 0 saturated heterocycles. The number of amides is 2. The lowest BCUT2D eigenvalue weighted by atomic mass is 10.2. The maximum Gasteiger partial charge on any atom is 0.243 e. The number of carbonyl (C=O) groups is 2. The van der Waals surface area contributed by atoms with E-state index in [0.29, 0.717) is 38.6 Å². The van der Waals surface area contributed by atoms with Crippen LogP contribution in [0, 0.1) is 0 Å². The van der Waals surface area contributed by atoms with Crippen LogP contribution in [0.4, 0.5) is 17.1 Å². The molecule has 138 valence electrons. The second-order valence-electron chi connectivity index (χ2n) is 5.52. The molecule has 8 heteroatoms. The molecule has 0 aliphatic rings. The molecule has 26 heavy (non-hydrogen) atoms. The first kappa shape index (κ1) is 20.4. The summed E-state index contributed by atoms with van der Waals surface area (Å²) >= 11 is 17.9. The fourth-order valence-electron chi connectivity index (χ4n) is 2.13. The molecule has 2 rings (SSSR count). The van der Waals surface area contributed by atoms with E-state index in [1.165, 1.54) is 6.07 Å². The Kier molecular flexibility index (Phi) is 7.57. The minimum absolute atomic E-state index is 0.00662. The van der Waals surface area contributed by atoms with Crippen LogP contribution in [-0.2, 0) is 9.59 Å². The van der Waals surface area contributed by atoms with Gasteiger partial charge in [-0.3, -0.25) is 9.59 Å². The number of anilines is 3. The standard InChI is InChI=1S/C18H18Cl3N3O2/c1-2-3-17(25)23-11-4-6-12(7-5-11)24-18(26)10-22-16-9-14(20)13(19)8-15(16)21/h4-9,22H,2-3,10H2,1H3,(H,23,25)(H,24,26). The van der Waals surface area contributed by atoms with Crippen LogP contribution in [0.2, 0.25) is 15.1 Å². The molecule has 0 aliphatic carbocycles. The zero-order valence-corrected chi connectivity index (χ0v) is 16.3. The normalized spacial score (nSPS) is 10.3. The van der Waals surface area contributed by atoms with Gasteiger partial charge >= 0.3 is 0 Å². The van der Waals surface area contributed by atoms with Gasteiger partial charge in [0.05, 0.1) is 27.3 Å². The maximum absolute atomic E-state index is 12.1. The third-order valence-corrected chi connectivity index (χ3v) is 4.41. The minimum atomic E-state index is -0.255. The van der Waals surface area contributed by atoms with Crippen LogP contribution in [0.25, 0.3) is 0 Å². The summed E-state index contributed by atoms with van der Waals surface area (Å²) in [7, 11) is 0. The molecule has 0 saturated carbocycles. The highest BCUT2D eigenvalue weighted by atomic mass is 35.5. The highest BCUT2D eigenvalue weighted by molar-refractivity contribution is 6.44. The van der Waals surface area contributed by atoms with Crippen LogP contribution in [0.1, 0.15) is 19.8 Å². The molecule has 2 aromatic carbocycles. The summed E-state index contributed by atoms with van der Waals surface area (Å²) < 4.78 is 0. The summed E-state index contributed by atoms with van der Waals surface area (Å²) in [6, 6.07) is 9.96. The highest BCUT2D eigenvalue weighted by Crippen LogP contribution is 2.32. The Bertz CT molecular complexity index is 795. The van der Waals surface area contributed by atoms with Crippen molar-refractivity contribution in [3.8, 4) is 0 Å². The number of halogens is 3. The molecule has 2 aromatic rings. The van der Waals surface area contributed by atoms with Crippen LogP contribution >= 0.6 is 34.8 Å². The van der Waals surface area contributed by atoms with Crippen LogP contribution < -0.4 is 16.0 Å². The lowest BCUT2D eigenvalue weighted by Gasteiger charge is -2.11. The number of carbonyl (C=O) groups excluding carboxylic acids is 2. The Morgan fingerprint density at radius 1 is 0.846 bits per heavy atom. The van der Waals surface area contributed by atoms with Gasteiger partial charge in [0.15, 0.2) is 0 Å². The maximum atomic E-state index is 12.1. The molecule has 0 spiro atoms. The van der Waals surface area contributed by atoms with Crippen molar-refractivity contribution < 1.29 is 9.59 Å². The average Bonchev–Trinajstić information content (AvgIpc) is 2.59. The zero-order chi connectivity index (χ0) is 19.1. The lowest BCUT2D eigenvalue weighted by molar-refractivity contribution is -0.116. The van der Waals surface area contributed by atoms with Crippen LogP contribution in [0.5, 0.6) is 0 Å². The first-order valence-electron chi connectivity index (χ1n) is 7.97. The van der Waals surface area contributed by atoms with Crippen molar-refractivity contribution in [2.45, 2.75) is 19.8 Å². The number of hydrogen-bond donors (Lipinski definition) is 3. The summed E-state index contributed by atoms with van der Waals surface area (Å²) in [4.78, 5) is 23.6. The average molecular weight is 415 g/mol. The minimum Gasteiger partial charge on any atom is -0.375 e. The lowest BCUT2D eigenvalue weighted by Crippen LogP contribution is -2.21. The van der Waals surface area contributed by atoms with Gasteiger partial charge in [0.2, 0.25) is 11.8 Å². The quantitative estimate of drug-likeness (QED) is 0.529. The van der Waals surface area contributed by atoms with Gasteiger partial charge in [0.25, 0.3) is 0 Å². The second kappa shape index (κ2) is 9.67. The summed E-state index contributed by atoms with van der Waals surface area (Å²) in [5, 5.41) is 9.51. The van der Waals surface area contributed by atoms with Crippen molar-refractivity contribution >= 4 is 63.7 Å². The fourth-order valence-corrected chi connectivity index (χ4v) is 2.74. The molecule has 0 aromatic heterocycles. The van der Waals surface area contributed by atoms with E-state index in [2.05, 4.69) is 16.0 Å². The number of hydrogen-bond acceptors (Lipinski definition) is 3. The Morgan fingerprint density at radius 2 is 1.38 bits per heavy atom. The number of benzene rings is 2. The molecule has 0 heterocycles. The van der Waals surface area contributed by atoms with E-state index < -0.39 is 0 Å². The largest absolute Gasteiger partial charge is 0.375 e. The van der Waals surface area contributed by atoms with Gasteiger partial charge in [0.1, 0.15) is 0 Å².